The molecule has 1 aromatic heterocycles. The Kier molecular flexibility index (Phi) is 5.98. The summed E-state index contributed by atoms with van der Waals surface area (Å²) in [5.74, 6) is -0.364. The van der Waals surface area contributed by atoms with Gasteiger partial charge >= 0.3 is 5.97 Å². The van der Waals surface area contributed by atoms with Gasteiger partial charge in [0.05, 0.1) is 18.8 Å². The Balaban J connectivity index is 1.60. The molecule has 0 amide bonds. The fraction of sp³-hybridized carbons (Fsp3) is 0.786. The van der Waals surface area contributed by atoms with Crippen LogP contribution in [0.25, 0.3) is 0 Å². The van der Waals surface area contributed by atoms with Crippen molar-refractivity contribution in [1.29, 1.82) is 0 Å². The molecule has 0 bridgehead atoms. The van der Waals surface area contributed by atoms with Gasteiger partial charge in [-0.1, -0.05) is 44.2 Å². The average molecular weight is 280 g/mol. The van der Waals surface area contributed by atoms with E-state index in [0.29, 0.717) is 18.3 Å². The predicted molar refractivity (Wildman–Crippen MR) is 75.6 cm³/mol. The summed E-state index contributed by atoms with van der Waals surface area (Å²) in [6, 6.07) is 0.322. The first-order valence-corrected chi connectivity index (χ1v) is 7.61. The van der Waals surface area contributed by atoms with E-state index in [4.69, 9.17) is 4.74 Å². The summed E-state index contributed by atoms with van der Waals surface area (Å²) < 4.78 is 6.94. The molecule has 1 aliphatic heterocycles. The van der Waals surface area contributed by atoms with E-state index in [9.17, 15) is 4.79 Å². The molecular weight excluding hydrogens is 256 g/mol. The number of carbonyl (C=O) groups is 1. The number of nitrogens with one attached hydrogen (secondary N) is 1. The quantitative estimate of drug-likeness (QED) is 0.553. The fourth-order valence-electron chi connectivity index (χ4n) is 2.13. The molecule has 1 aromatic rings. The van der Waals surface area contributed by atoms with Crippen LogP contribution in [0.4, 0.5) is 0 Å². The second-order valence-electron chi connectivity index (χ2n) is 5.30. The summed E-state index contributed by atoms with van der Waals surface area (Å²) in [6.07, 6.45) is 8.75. The van der Waals surface area contributed by atoms with E-state index in [2.05, 4.69) is 22.6 Å². The maximum atomic E-state index is 11.8. The number of ether oxygens (including phenoxy) is 1. The van der Waals surface area contributed by atoms with Crippen molar-refractivity contribution in [1.82, 2.24) is 20.3 Å². The molecule has 0 unspecified atom stereocenters. The van der Waals surface area contributed by atoms with Crippen molar-refractivity contribution in [2.45, 2.75) is 51.5 Å². The lowest BCUT2D eigenvalue weighted by atomic mass is 10.1. The van der Waals surface area contributed by atoms with Crippen LogP contribution in [-0.4, -0.2) is 40.7 Å². The first-order valence-electron chi connectivity index (χ1n) is 7.61. The van der Waals surface area contributed by atoms with Gasteiger partial charge < -0.3 is 10.1 Å². The Morgan fingerprint density at radius 1 is 1.35 bits per heavy atom. The monoisotopic (exact) mass is 280 g/mol. The molecule has 112 valence electrons. The maximum absolute atomic E-state index is 11.8. The number of carbonyl (C=O) groups excluding carboxylic acids is 1. The number of hydrogen-bond donors (Lipinski definition) is 1. The van der Waals surface area contributed by atoms with Crippen LogP contribution >= 0.6 is 0 Å². The molecule has 20 heavy (non-hydrogen) atoms. The first kappa shape index (κ1) is 15.0. The number of nitrogens with zero attached hydrogens (tertiary/aromatic N) is 3. The number of unbranched alkanes of at least 4 members (excludes halogenated alkanes) is 5. The van der Waals surface area contributed by atoms with Crippen molar-refractivity contribution < 1.29 is 9.53 Å². The zero-order chi connectivity index (χ0) is 14.2. The van der Waals surface area contributed by atoms with E-state index >= 15 is 0 Å². The first-order chi connectivity index (χ1) is 9.81. The second-order valence-corrected chi connectivity index (χ2v) is 5.30. The third kappa shape index (κ3) is 4.30. The predicted octanol–water partition coefficient (Wildman–Crippen LogP) is 1.94. The Labute approximate surface area is 119 Å². The van der Waals surface area contributed by atoms with Crippen molar-refractivity contribution in [3.8, 4) is 0 Å². The highest BCUT2D eigenvalue weighted by molar-refractivity contribution is 5.86. The van der Waals surface area contributed by atoms with Crippen LogP contribution < -0.4 is 5.32 Å². The Bertz CT molecular complexity index is 415. The van der Waals surface area contributed by atoms with Gasteiger partial charge in [-0.15, -0.1) is 5.10 Å². The summed E-state index contributed by atoms with van der Waals surface area (Å²) >= 11 is 0. The normalized spacial score (nSPS) is 15.1. The molecule has 1 saturated heterocycles. The molecule has 1 N–H and O–H groups in total. The van der Waals surface area contributed by atoms with Crippen LogP contribution in [0.3, 0.4) is 0 Å². The number of aromatic nitrogens is 3. The maximum Gasteiger partial charge on any atom is 0.360 e. The van der Waals surface area contributed by atoms with E-state index < -0.39 is 0 Å². The summed E-state index contributed by atoms with van der Waals surface area (Å²) in [6.45, 7) is 4.45. The van der Waals surface area contributed by atoms with Gasteiger partial charge in [0.25, 0.3) is 0 Å². The van der Waals surface area contributed by atoms with Gasteiger partial charge in [0.15, 0.2) is 5.69 Å². The van der Waals surface area contributed by atoms with E-state index in [-0.39, 0.29) is 5.97 Å². The number of rotatable bonds is 9. The SMILES string of the molecule is CCCCCCCCOC(=O)c1cn(C2CNC2)nn1. The zero-order valence-electron chi connectivity index (χ0n) is 12.2. The average Bonchev–Trinajstić information content (AvgIpc) is 2.85. The van der Waals surface area contributed by atoms with Crippen LogP contribution in [0.2, 0.25) is 0 Å². The molecule has 2 heterocycles. The van der Waals surface area contributed by atoms with E-state index in [1.54, 1.807) is 10.9 Å². The summed E-state index contributed by atoms with van der Waals surface area (Å²) in [5, 5.41) is 11.0. The summed E-state index contributed by atoms with van der Waals surface area (Å²) in [5.41, 5.74) is 0.308. The number of hydrogen-bond acceptors (Lipinski definition) is 5. The molecule has 0 saturated carbocycles. The van der Waals surface area contributed by atoms with Gasteiger partial charge in [-0.3, -0.25) is 0 Å². The molecule has 0 atom stereocenters. The lowest BCUT2D eigenvalue weighted by Crippen LogP contribution is -2.43. The molecule has 0 aliphatic carbocycles. The molecule has 6 heteroatoms. The van der Waals surface area contributed by atoms with Crippen LogP contribution in [0.5, 0.6) is 0 Å². The highest BCUT2D eigenvalue weighted by Gasteiger charge is 2.22. The zero-order valence-corrected chi connectivity index (χ0v) is 12.2. The molecule has 6 nitrogen and oxygen atoms in total. The Morgan fingerprint density at radius 2 is 2.10 bits per heavy atom. The summed E-state index contributed by atoms with van der Waals surface area (Å²) in [4.78, 5) is 11.8. The molecule has 2 rings (SSSR count). The van der Waals surface area contributed by atoms with E-state index in [1.165, 1.54) is 25.7 Å². The van der Waals surface area contributed by atoms with Gasteiger partial charge in [-0.25, -0.2) is 9.48 Å². The van der Waals surface area contributed by atoms with Crippen LogP contribution in [-0.2, 0) is 4.74 Å². The Hall–Kier alpha value is -1.43. The van der Waals surface area contributed by atoms with E-state index in [0.717, 1.165) is 25.9 Å². The fourth-order valence-corrected chi connectivity index (χ4v) is 2.13. The molecule has 1 aliphatic rings. The standard InChI is InChI=1S/C14H24N4O2/c1-2-3-4-5-6-7-8-20-14(19)13-11-18(17-16-13)12-9-15-10-12/h11-12,15H,2-10H2,1H3. The van der Waals surface area contributed by atoms with Crippen LogP contribution in [0.1, 0.15) is 62.0 Å². The molecule has 0 aromatic carbocycles. The highest BCUT2D eigenvalue weighted by atomic mass is 16.5. The number of esters is 1. The van der Waals surface area contributed by atoms with Crippen molar-refractivity contribution in [2.24, 2.45) is 0 Å². The molecular formula is C14H24N4O2. The van der Waals surface area contributed by atoms with Gasteiger partial charge in [-0.05, 0) is 6.42 Å². The minimum absolute atomic E-state index is 0.308. The van der Waals surface area contributed by atoms with Crippen molar-refractivity contribution >= 4 is 5.97 Å². The Morgan fingerprint density at radius 3 is 2.80 bits per heavy atom. The third-order valence-corrected chi connectivity index (χ3v) is 3.58. The molecule has 1 fully saturated rings. The molecule has 0 spiro atoms. The van der Waals surface area contributed by atoms with Crippen molar-refractivity contribution in [2.75, 3.05) is 19.7 Å². The molecule has 0 radical (unpaired) electrons. The van der Waals surface area contributed by atoms with Gasteiger partial charge in [0, 0.05) is 13.1 Å². The van der Waals surface area contributed by atoms with Crippen LogP contribution in [0.15, 0.2) is 6.20 Å². The minimum atomic E-state index is -0.364. The van der Waals surface area contributed by atoms with Crippen LogP contribution in [0, 0.1) is 0 Å². The van der Waals surface area contributed by atoms with Gasteiger partial charge in [0.2, 0.25) is 0 Å². The lowest BCUT2D eigenvalue weighted by Gasteiger charge is -2.26. The third-order valence-electron chi connectivity index (χ3n) is 3.58. The smallest absolute Gasteiger partial charge is 0.360 e. The lowest BCUT2D eigenvalue weighted by molar-refractivity contribution is 0.0490. The largest absolute Gasteiger partial charge is 0.461 e. The second kappa shape index (κ2) is 7.99. The van der Waals surface area contributed by atoms with Crippen molar-refractivity contribution in [3.05, 3.63) is 11.9 Å². The summed E-state index contributed by atoms with van der Waals surface area (Å²) in [7, 11) is 0. The van der Waals surface area contributed by atoms with Crippen molar-refractivity contribution in [3.63, 3.8) is 0 Å². The van der Waals surface area contributed by atoms with Gasteiger partial charge in [0.1, 0.15) is 0 Å². The van der Waals surface area contributed by atoms with E-state index in [1.807, 2.05) is 0 Å². The minimum Gasteiger partial charge on any atom is -0.461 e. The van der Waals surface area contributed by atoms with Gasteiger partial charge in [-0.2, -0.15) is 0 Å². The topological polar surface area (TPSA) is 69.0 Å². The highest BCUT2D eigenvalue weighted by Crippen LogP contribution is 2.10.